The fourth-order valence-corrected chi connectivity index (χ4v) is 2.47. The Morgan fingerprint density at radius 2 is 2.17 bits per heavy atom. The number of nitriles is 1. The summed E-state index contributed by atoms with van der Waals surface area (Å²) in [6, 6.07) is 5.53. The van der Waals surface area contributed by atoms with Crippen molar-refractivity contribution < 1.29 is 14.7 Å². The van der Waals surface area contributed by atoms with Crippen LogP contribution >= 0.6 is 35.0 Å². The SMILES string of the molecule is CSCCC(NC(=O)/C(C#N)=C\Nc1cccc(Cl)c1Cl)C(=O)O. The van der Waals surface area contributed by atoms with Gasteiger partial charge in [-0.05, 0) is 30.6 Å². The highest BCUT2D eigenvalue weighted by atomic mass is 35.5. The summed E-state index contributed by atoms with van der Waals surface area (Å²) in [6.07, 6.45) is 3.24. The van der Waals surface area contributed by atoms with Gasteiger partial charge in [0.1, 0.15) is 17.7 Å². The molecule has 24 heavy (non-hydrogen) atoms. The Balaban J connectivity index is 2.84. The van der Waals surface area contributed by atoms with Gasteiger partial charge in [-0.3, -0.25) is 4.79 Å². The van der Waals surface area contributed by atoms with E-state index < -0.39 is 17.9 Å². The van der Waals surface area contributed by atoms with E-state index in [1.807, 2.05) is 6.26 Å². The van der Waals surface area contributed by atoms with Crippen molar-refractivity contribution in [2.45, 2.75) is 12.5 Å². The zero-order valence-electron chi connectivity index (χ0n) is 12.7. The van der Waals surface area contributed by atoms with E-state index in [4.69, 9.17) is 33.6 Å². The zero-order valence-corrected chi connectivity index (χ0v) is 15.0. The standard InChI is InChI=1S/C15H15Cl2N3O3S/c1-24-6-5-12(15(22)23)20-14(21)9(7-18)8-19-11-4-2-3-10(16)13(11)17/h2-4,8,12,19H,5-6H2,1H3,(H,20,21)(H,22,23)/b9-8-. The minimum Gasteiger partial charge on any atom is -0.480 e. The summed E-state index contributed by atoms with van der Waals surface area (Å²) in [5.41, 5.74) is 0.142. The normalized spacial score (nSPS) is 12.2. The number of hydrogen-bond acceptors (Lipinski definition) is 5. The van der Waals surface area contributed by atoms with E-state index in [1.165, 1.54) is 11.8 Å². The molecule has 6 nitrogen and oxygen atoms in total. The molecule has 1 atom stereocenters. The average Bonchev–Trinajstić information content (AvgIpc) is 2.55. The first-order chi connectivity index (χ1) is 11.4. The second kappa shape index (κ2) is 10.1. The Morgan fingerprint density at radius 1 is 1.46 bits per heavy atom. The van der Waals surface area contributed by atoms with Crippen LogP contribution in [-0.2, 0) is 9.59 Å². The Hall–Kier alpha value is -1.88. The van der Waals surface area contributed by atoms with Crippen LogP contribution in [0.2, 0.25) is 10.0 Å². The second-order valence-corrected chi connectivity index (χ2v) is 6.33. The largest absolute Gasteiger partial charge is 0.480 e. The lowest BCUT2D eigenvalue weighted by atomic mass is 10.2. The van der Waals surface area contributed by atoms with Crippen LogP contribution in [0.25, 0.3) is 0 Å². The number of carboxylic acid groups (broad SMARTS) is 1. The number of carbonyl (C=O) groups is 2. The van der Waals surface area contributed by atoms with Gasteiger partial charge in [-0.25, -0.2) is 4.79 Å². The smallest absolute Gasteiger partial charge is 0.326 e. The monoisotopic (exact) mass is 387 g/mol. The molecule has 1 rings (SSSR count). The molecule has 0 bridgehead atoms. The number of halogens is 2. The highest BCUT2D eigenvalue weighted by molar-refractivity contribution is 7.98. The van der Waals surface area contributed by atoms with E-state index in [-0.39, 0.29) is 17.0 Å². The van der Waals surface area contributed by atoms with E-state index in [0.29, 0.717) is 16.5 Å². The van der Waals surface area contributed by atoms with Crippen LogP contribution in [0.4, 0.5) is 5.69 Å². The molecule has 9 heteroatoms. The Labute approximate surface area is 153 Å². The molecule has 0 saturated carbocycles. The fourth-order valence-electron chi connectivity index (χ4n) is 1.64. The highest BCUT2D eigenvalue weighted by Gasteiger charge is 2.21. The summed E-state index contributed by atoms with van der Waals surface area (Å²) in [7, 11) is 0. The molecule has 0 saturated heterocycles. The van der Waals surface area contributed by atoms with Crippen LogP contribution in [0.3, 0.4) is 0 Å². The number of benzene rings is 1. The van der Waals surface area contributed by atoms with Gasteiger partial charge in [0, 0.05) is 6.20 Å². The summed E-state index contributed by atoms with van der Waals surface area (Å²) >= 11 is 13.3. The first-order valence-corrected chi connectivity index (χ1v) is 8.89. The van der Waals surface area contributed by atoms with Crippen LogP contribution in [0.1, 0.15) is 6.42 Å². The predicted octanol–water partition coefficient (Wildman–Crippen LogP) is 3.14. The third kappa shape index (κ3) is 5.96. The number of rotatable bonds is 8. The van der Waals surface area contributed by atoms with Crippen molar-refractivity contribution in [1.29, 1.82) is 5.26 Å². The molecule has 0 aliphatic rings. The van der Waals surface area contributed by atoms with Gasteiger partial charge in [0.25, 0.3) is 5.91 Å². The Kier molecular flexibility index (Phi) is 8.47. The van der Waals surface area contributed by atoms with Crippen LogP contribution in [-0.4, -0.2) is 35.0 Å². The number of carboxylic acids is 1. The summed E-state index contributed by atoms with van der Waals surface area (Å²) in [5, 5.41) is 23.8. The van der Waals surface area contributed by atoms with Crippen molar-refractivity contribution in [1.82, 2.24) is 5.32 Å². The van der Waals surface area contributed by atoms with Gasteiger partial charge in [0.05, 0.1) is 15.7 Å². The molecule has 0 radical (unpaired) electrons. The van der Waals surface area contributed by atoms with Crippen molar-refractivity contribution in [3.8, 4) is 6.07 Å². The van der Waals surface area contributed by atoms with Gasteiger partial charge >= 0.3 is 5.97 Å². The quantitative estimate of drug-likeness (QED) is 0.467. The minimum absolute atomic E-state index is 0.247. The Morgan fingerprint density at radius 3 is 2.75 bits per heavy atom. The van der Waals surface area contributed by atoms with Crippen LogP contribution in [0, 0.1) is 11.3 Å². The highest BCUT2D eigenvalue weighted by Crippen LogP contribution is 2.29. The molecule has 0 fully saturated rings. The Bertz CT molecular complexity index is 689. The summed E-state index contributed by atoms with van der Waals surface area (Å²) in [5.74, 6) is -1.36. The topological polar surface area (TPSA) is 102 Å². The lowest BCUT2D eigenvalue weighted by Gasteiger charge is -2.13. The van der Waals surface area contributed by atoms with Crippen molar-refractivity contribution >= 4 is 52.5 Å². The van der Waals surface area contributed by atoms with E-state index >= 15 is 0 Å². The van der Waals surface area contributed by atoms with Crippen molar-refractivity contribution in [3.05, 3.63) is 40.0 Å². The molecule has 0 aliphatic carbocycles. The maximum Gasteiger partial charge on any atom is 0.326 e. The van der Waals surface area contributed by atoms with Gasteiger partial charge in [-0.15, -0.1) is 0 Å². The fraction of sp³-hybridized carbons (Fsp3) is 0.267. The third-order valence-electron chi connectivity index (χ3n) is 2.90. The lowest BCUT2D eigenvalue weighted by Crippen LogP contribution is -2.41. The molecule has 3 N–H and O–H groups in total. The second-order valence-electron chi connectivity index (χ2n) is 4.56. The molecule has 0 aromatic heterocycles. The molecular weight excluding hydrogens is 373 g/mol. The molecule has 0 spiro atoms. The number of thioether (sulfide) groups is 1. The van der Waals surface area contributed by atoms with E-state index in [0.717, 1.165) is 6.20 Å². The number of amides is 1. The number of hydrogen-bond donors (Lipinski definition) is 3. The van der Waals surface area contributed by atoms with E-state index in [9.17, 15) is 9.59 Å². The molecule has 1 unspecified atom stereocenters. The van der Waals surface area contributed by atoms with Gasteiger partial charge in [-0.2, -0.15) is 17.0 Å². The number of carbonyl (C=O) groups excluding carboxylic acids is 1. The van der Waals surface area contributed by atoms with E-state index in [1.54, 1.807) is 24.3 Å². The number of anilines is 1. The molecule has 128 valence electrons. The summed E-state index contributed by atoms with van der Waals surface area (Å²) in [4.78, 5) is 23.2. The molecule has 0 heterocycles. The van der Waals surface area contributed by atoms with Crippen LogP contribution in [0.5, 0.6) is 0 Å². The first kappa shape index (κ1) is 20.2. The number of nitrogens with zero attached hydrogens (tertiary/aromatic N) is 1. The van der Waals surface area contributed by atoms with Crippen molar-refractivity contribution in [2.75, 3.05) is 17.3 Å². The maximum atomic E-state index is 12.1. The minimum atomic E-state index is -1.15. The van der Waals surface area contributed by atoms with Crippen LogP contribution in [0.15, 0.2) is 30.0 Å². The van der Waals surface area contributed by atoms with Crippen molar-refractivity contribution in [2.24, 2.45) is 0 Å². The van der Waals surface area contributed by atoms with Gasteiger partial charge in [0.2, 0.25) is 0 Å². The molecule has 1 aromatic rings. The first-order valence-electron chi connectivity index (χ1n) is 6.74. The number of aliphatic carboxylic acids is 1. The molecule has 0 aliphatic heterocycles. The molecule has 1 amide bonds. The van der Waals surface area contributed by atoms with Crippen LogP contribution < -0.4 is 10.6 Å². The predicted molar refractivity (Wildman–Crippen MR) is 96.3 cm³/mol. The lowest BCUT2D eigenvalue weighted by molar-refractivity contribution is -0.141. The summed E-state index contributed by atoms with van der Waals surface area (Å²) in [6.45, 7) is 0. The van der Waals surface area contributed by atoms with Gasteiger partial charge in [-0.1, -0.05) is 29.3 Å². The van der Waals surface area contributed by atoms with E-state index in [2.05, 4.69) is 10.6 Å². The summed E-state index contributed by atoms with van der Waals surface area (Å²) < 4.78 is 0. The van der Waals surface area contributed by atoms with Gasteiger partial charge < -0.3 is 15.7 Å². The number of nitrogens with one attached hydrogen (secondary N) is 2. The van der Waals surface area contributed by atoms with Crippen molar-refractivity contribution in [3.63, 3.8) is 0 Å². The molecular formula is C15H15Cl2N3O3S. The zero-order chi connectivity index (χ0) is 18.1. The molecule has 1 aromatic carbocycles. The third-order valence-corrected chi connectivity index (χ3v) is 4.37. The maximum absolute atomic E-state index is 12.1. The van der Waals surface area contributed by atoms with Gasteiger partial charge in [0.15, 0.2) is 0 Å². The average molecular weight is 388 g/mol.